The molecule has 21 heavy (non-hydrogen) atoms. The van der Waals surface area contributed by atoms with Gasteiger partial charge in [0, 0.05) is 6.04 Å². The van der Waals surface area contributed by atoms with Gasteiger partial charge in [-0.05, 0) is 31.2 Å². The van der Waals surface area contributed by atoms with E-state index < -0.39 is 5.97 Å². The number of hydrogen-bond donors (Lipinski definition) is 3. The SMILES string of the molecule is CCC(NC(=O)NC1CCC(C(=O)O)C1)c1ccccc1. The van der Waals surface area contributed by atoms with Gasteiger partial charge in [0.25, 0.3) is 0 Å². The summed E-state index contributed by atoms with van der Waals surface area (Å²) in [6.45, 7) is 2.02. The standard InChI is InChI=1S/C16H22N2O3/c1-2-14(11-6-4-3-5-7-11)18-16(21)17-13-9-8-12(10-13)15(19)20/h3-7,12-14H,2,8-10H2,1H3,(H,19,20)(H2,17,18,21). The van der Waals surface area contributed by atoms with E-state index in [0.29, 0.717) is 12.8 Å². The van der Waals surface area contributed by atoms with Gasteiger partial charge in [-0.25, -0.2) is 4.79 Å². The van der Waals surface area contributed by atoms with Crippen LogP contribution in [0.4, 0.5) is 4.79 Å². The highest BCUT2D eigenvalue weighted by atomic mass is 16.4. The van der Waals surface area contributed by atoms with Crippen LogP contribution in [0.3, 0.4) is 0 Å². The molecule has 1 aliphatic carbocycles. The van der Waals surface area contributed by atoms with Crippen molar-refractivity contribution < 1.29 is 14.7 Å². The lowest BCUT2D eigenvalue weighted by Gasteiger charge is -2.20. The molecule has 5 nitrogen and oxygen atoms in total. The third kappa shape index (κ3) is 4.21. The quantitative estimate of drug-likeness (QED) is 0.780. The van der Waals surface area contributed by atoms with Gasteiger partial charge in [-0.1, -0.05) is 37.3 Å². The van der Waals surface area contributed by atoms with E-state index in [1.807, 2.05) is 37.3 Å². The number of carboxylic acids is 1. The summed E-state index contributed by atoms with van der Waals surface area (Å²) in [6.07, 6.45) is 2.69. The van der Waals surface area contributed by atoms with Gasteiger partial charge >= 0.3 is 12.0 Å². The fourth-order valence-electron chi connectivity index (χ4n) is 2.83. The number of benzene rings is 1. The smallest absolute Gasteiger partial charge is 0.315 e. The number of carbonyl (C=O) groups excluding carboxylic acids is 1. The minimum absolute atomic E-state index is 0.0251. The maximum absolute atomic E-state index is 12.0. The molecule has 1 fully saturated rings. The number of aliphatic carboxylic acids is 1. The van der Waals surface area contributed by atoms with Gasteiger partial charge in [0.2, 0.25) is 0 Å². The predicted molar refractivity (Wildman–Crippen MR) is 79.9 cm³/mol. The highest BCUT2D eigenvalue weighted by Crippen LogP contribution is 2.25. The second-order valence-electron chi connectivity index (χ2n) is 5.53. The van der Waals surface area contributed by atoms with E-state index >= 15 is 0 Å². The Labute approximate surface area is 124 Å². The fourth-order valence-corrected chi connectivity index (χ4v) is 2.83. The van der Waals surface area contributed by atoms with Crippen LogP contribution in [0.5, 0.6) is 0 Å². The molecule has 0 heterocycles. The van der Waals surface area contributed by atoms with Crippen LogP contribution in [0.15, 0.2) is 30.3 Å². The van der Waals surface area contributed by atoms with Crippen molar-refractivity contribution in [2.24, 2.45) is 5.92 Å². The van der Waals surface area contributed by atoms with Crippen molar-refractivity contribution in [3.05, 3.63) is 35.9 Å². The molecule has 0 spiro atoms. The number of carboxylic acid groups (broad SMARTS) is 1. The van der Waals surface area contributed by atoms with Crippen LogP contribution in [0.2, 0.25) is 0 Å². The Hall–Kier alpha value is -2.04. The number of carbonyl (C=O) groups is 2. The Balaban J connectivity index is 1.85. The van der Waals surface area contributed by atoms with Crippen LogP contribution in [-0.2, 0) is 4.79 Å². The topological polar surface area (TPSA) is 78.4 Å². The summed E-state index contributed by atoms with van der Waals surface area (Å²) >= 11 is 0. The number of rotatable bonds is 5. The molecule has 1 aliphatic rings. The van der Waals surface area contributed by atoms with Crippen molar-refractivity contribution in [3.63, 3.8) is 0 Å². The summed E-state index contributed by atoms with van der Waals surface area (Å²) in [5, 5.41) is 14.8. The normalized spacial score (nSPS) is 22.5. The first-order chi connectivity index (χ1) is 10.1. The third-order valence-electron chi connectivity index (χ3n) is 4.03. The molecule has 1 saturated carbocycles. The monoisotopic (exact) mass is 290 g/mol. The lowest BCUT2D eigenvalue weighted by molar-refractivity contribution is -0.141. The Morgan fingerprint density at radius 3 is 2.57 bits per heavy atom. The molecule has 0 saturated heterocycles. The molecule has 2 amide bonds. The second kappa shape index (κ2) is 7.11. The zero-order chi connectivity index (χ0) is 15.2. The molecule has 0 aliphatic heterocycles. The highest BCUT2D eigenvalue weighted by Gasteiger charge is 2.30. The third-order valence-corrected chi connectivity index (χ3v) is 4.03. The minimum Gasteiger partial charge on any atom is -0.481 e. The molecule has 0 aromatic heterocycles. The van der Waals surface area contributed by atoms with E-state index in [4.69, 9.17) is 5.11 Å². The lowest BCUT2D eigenvalue weighted by Crippen LogP contribution is -2.42. The fraction of sp³-hybridized carbons (Fsp3) is 0.500. The second-order valence-corrected chi connectivity index (χ2v) is 5.53. The van der Waals surface area contributed by atoms with Crippen LogP contribution >= 0.6 is 0 Å². The molecular weight excluding hydrogens is 268 g/mol. The number of nitrogens with one attached hydrogen (secondary N) is 2. The molecule has 3 unspecified atom stereocenters. The van der Waals surface area contributed by atoms with Gasteiger partial charge in [-0.15, -0.1) is 0 Å². The summed E-state index contributed by atoms with van der Waals surface area (Å²) in [5.74, 6) is -1.10. The van der Waals surface area contributed by atoms with Gasteiger partial charge in [0.15, 0.2) is 0 Å². The molecule has 5 heteroatoms. The van der Waals surface area contributed by atoms with Gasteiger partial charge in [0.1, 0.15) is 0 Å². The van der Waals surface area contributed by atoms with E-state index in [-0.39, 0.29) is 24.0 Å². The predicted octanol–water partition coefficient (Wildman–Crippen LogP) is 2.69. The van der Waals surface area contributed by atoms with E-state index in [1.54, 1.807) is 0 Å². The zero-order valence-electron chi connectivity index (χ0n) is 12.2. The molecule has 1 aromatic carbocycles. The summed E-state index contributed by atoms with van der Waals surface area (Å²) in [7, 11) is 0. The van der Waals surface area contributed by atoms with E-state index in [1.165, 1.54) is 0 Å². The molecular formula is C16H22N2O3. The molecule has 0 bridgehead atoms. The van der Waals surface area contributed by atoms with Gasteiger partial charge in [-0.3, -0.25) is 4.79 Å². The van der Waals surface area contributed by atoms with Crippen LogP contribution in [0.25, 0.3) is 0 Å². The molecule has 2 rings (SSSR count). The minimum atomic E-state index is -0.768. The Kier molecular flexibility index (Phi) is 5.20. The van der Waals surface area contributed by atoms with Gasteiger partial charge in [0.05, 0.1) is 12.0 Å². The van der Waals surface area contributed by atoms with E-state index in [2.05, 4.69) is 10.6 Å². The first-order valence-corrected chi connectivity index (χ1v) is 7.45. The molecule has 114 valence electrons. The molecule has 1 aromatic rings. The van der Waals surface area contributed by atoms with Crippen LogP contribution in [0.1, 0.15) is 44.2 Å². The average molecular weight is 290 g/mol. The molecule has 0 radical (unpaired) electrons. The van der Waals surface area contributed by atoms with Crippen molar-refractivity contribution in [1.82, 2.24) is 10.6 Å². The Morgan fingerprint density at radius 2 is 2.00 bits per heavy atom. The summed E-state index contributed by atoms with van der Waals surface area (Å²) in [5.41, 5.74) is 1.07. The van der Waals surface area contributed by atoms with Crippen molar-refractivity contribution in [3.8, 4) is 0 Å². The van der Waals surface area contributed by atoms with Crippen molar-refractivity contribution in [2.45, 2.75) is 44.7 Å². The summed E-state index contributed by atoms with van der Waals surface area (Å²) in [6, 6.07) is 9.54. The maximum Gasteiger partial charge on any atom is 0.315 e. The Morgan fingerprint density at radius 1 is 1.29 bits per heavy atom. The van der Waals surface area contributed by atoms with Crippen molar-refractivity contribution in [2.75, 3.05) is 0 Å². The van der Waals surface area contributed by atoms with Gasteiger partial charge < -0.3 is 15.7 Å². The Bertz CT molecular complexity index is 490. The zero-order valence-corrected chi connectivity index (χ0v) is 12.2. The van der Waals surface area contributed by atoms with Crippen LogP contribution in [0, 0.1) is 5.92 Å². The van der Waals surface area contributed by atoms with Crippen molar-refractivity contribution in [1.29, 1.82) is 0 Å². The van der Waals surface area contributed by atoms with E-state index in [0.717, 1.165) is 18.4 Å². The highest BCUT2D eigenvalue weighted by molar-refractivity contribution is 5.75. The number of hydrogen-bond acceptors (Lipinski definition) is 2. The average Bonchev–Trinajstić information content (AvgIpc) is 2.94. The number of amides is 2. The van der Waals surface area contributed by atoms with Crippen molar-refractivity contribution >= 4 is 12.0 Å². The molecule has 3 atom stereocenters. The summed E-state index contributed by atoms with van der Waals surface area (Å²) < 4.78 is 0. The molecule has 3 N–H and O–H groups in total. The summed E-state index contributed by atoms with van der Waals surface area (Å²) in [4.78, 5) is 23.0. The largest absolute Gasteiger partial charge is 0.481 e. The van der Waals surface area contributed by atoms with Gasteiger partial charge in [-0.2, -0.15) is 0 Å². The first-order valence-electron chi connectivity index (χ1n) is 7.45. The van der Waals surface area contributed by atoms with Crippen LogP contribution in [-0.4, -0.2) is 23.1 Å². The number of urea groups is 1. The maximum atomic E-state index is 12.0. The van der Waals surface area contributed by atoms with Crippen LogP contribution < -0.4 is 10.6 Å². The first kappa shape index (κ1) is 15.4. The van der Waals surface area contributed by atoms with E-state index in [9.17, 15) is 9.59 Å². The lowest BCUT2D eigenvalue weighted by atomic mass is 10.1.